The minimum absolute atomic E-state index is 0.0171. The van der Waals surface area contributed by atoms with Crippen molar-refractivity contribution >= 4 is 16.9 Å². The minimum Gasteiger partial charge on any atom is -0.286 e. The average Bonchev–Trinajstić information content (AvgIpc) is 2.22. The molecule has 0 spiro atoms. The number of nitrogens with zero attached hydrogens (tertiary/aromatic N) is 1. The predicted molar refractivity (Wildman–Crippen MR) is 65.7 cm³/mol. The highest BCUT2D eigenvalue weighted by molar-refractivity contribution is 8.13. The number of carbonyl (C=O) groups is 1. The van der Waals surface area contributed by atoms with Crippen LogP contribution in [0.2, 0.25) is 0 Å². The van der Waals surface area contributed by atoms with Gasteiger partial charge in [0, 0.05) is 5.75 Å². The first-order valence-electron chi connectivity index (χ1n) is 5.83. The molecule has 0 unspecified atom stereocenters. The SMILES string of the molecule is CCCCCCCCCSC(=O)CC#N. The molecule has 0 aliphatic rings. The Hall–Kier alpha value is -0.490. The van der Waals surface area contributed by atoms with Gasteiger partial charge < -0.3 is 0 Å². The third kappa shape index (κ3) is 11.4. The second-order valence-corrected chi connectivity index (χ2v) is 4.83. The first-order chi connectivity index (χ1) is 7.31. The maximum atomic E-state index is 11.0. The molecular formula is C12H21NOS. The third-order valence-corrected chi connectivity index (χ3v) is 3.19. The number of rotatable bonds is 9. The van der Waals surface area contributed by atoms with Gasteiger partial charge in [-0.3, -0.25) is 4.79 Å². The van der Waals surface area contributed by atoms with Crippen molar-refractivity contribution in [2.75, 3.05) is 5.75 Å². The number of thioether (sulfide) groups is 1. The van der Waals surface area contributed by atoms with Gasteiger partial charge in [0.1, 0.15) is 6.42 Å². The number of nitriles is 1. The summed E-state index contributed by atoms with van der Waals surface area (Å²) in [6, 6.07) is 1.87. The smallest absolute Gasteiger partial charge is 0.202 e. The third-order valence-electron chi connectivity index (χ3n) is 2.23. The van der Waals surface area contributed by atoms with Crippen LogP contribution < -0.4 is 0 Å². The van der Waals surface area contributed by atoms with E-state index in [9.17, 15) is 4.79 Å². The molecule has 2 nitrogen and oxygen atoms in total. The van der Waals surface area contributed by atoms with Crippen molar-refractivity contribution in [2.45, 2.75) is 58.3 Å². The first kappa shape index (κ1) is 14.5. The number of carbonyl (C=O) groups excluding carboxylic acids is 1. The van der Waals surface area contributed by atoms with E-state index in [0.717, 1.165) is 12.2 Å². The molecule has 0 aliphatic heterocycles. The van der Waals surface area contributed by atoms with E-state index in [2.05, 4.69) is 6.92 Å². The maximum absolute atomic E-state index is 11.0. The van der Waals surface area contributed by atoms with Crippen LogP contribution in [0.25, 0.3) is 0 Å². The molecule has 0 aliphatic carbocycles. The van der Waals surface area contributed by atoms with Gasteiger partial charge in [-0.05, 0) is 6.42 Å². The fraction of sp³-hybridized carbons (Fsp3) is 0.833. The largest absolute Gasteiger partial charge is 0.286 e. The van der Waals surface area contributed by atoms with Gasteiger partial charge in [-0.1, -0.05) is 57.2 Å². The Bertz CT molecular complexity index is 198. The van der Waals surface area contributed by atoms with Gasteiger partial charge in [0.25, 0.3) is 0 Å². The van der Waals surface area contributed by atoms with E-state index in [-0.39, 0.29) is 11.5 Å². The summed E-state index contributed by atoms with van der Waals surface area (Å²) < 4.78 is 0. The van der Waals surface area contributed by atoms with Crippen LogP contribution in [0.3, 0.4) is 0 Å². The van der Waals surface area contributed by atoms with E-state index in [1.165, 1.54) is 50.3 Å². The molecule has 15 heavy (non-hydrogen) atoms. The molecule has 0 saturated carbocycles. The van der Waals surface area contributed by atoms with E-state index in [1.54, 1.807) is 0 Å². The van der Waals surface area contributed by atoms with Gasteiger partial charge >= 0.3 is 0 Å². The second-order valence-electron chi connectivity index (χ2n) is 3.68. The fourth-order valence-electron chi connectivity index (χ4n) is 1.36. The summed E-state index contributed by atoms with van der Waals surface area (Å²) in [7, 11) is 0. The zero-order valence-corrected chi connectivity index (χ0v) is 10.4. The van der Waals surface area contributed by atoms with Gasteiger partial charge in [-0.2, -0.15) is 5.26 Å². The Morgan fingerprint density at radius 2 is 1.73 bits per heavy atom. The lowest BCUT2D eigenvalue weighted by Crippen LogP contribution is -1.91. The average molecular weight is 227 g/mol. The van der Waals surface area contributed by atoms with Crippen molar-refractivity contribution in [2.24, 2.45) is 0 Å². The molecule has 0 saturated heterocycles. The quantitative estimate of drug-likeness (QED) is 0.561. The van der Waals surface area contributed by atoms with Crippen molar-refractivity contribution in [3.05, 3.63) is 0 Å². The molecule has 0 atom stereocenters. The Labute approximate surface area is 97.4 Å². The fourth-order valence-corrected chi connectivity index (χ4v) is 2.10. The van der Waals surface area contributed by atoms with Crippen LogP contribution in [0, 0.1) is 11.3 Å². The highest BCUT2D eigenvalue weighted by Crippen LogP contribution is 2.11. The summed E-state index contributed by atoms with van der Waals surface area (Å²) in [4.78, 5) is 11.0. The lowest BCUT2D eigenvalue weighted by Gasteiger charge is -2.00. The van der Waals surface area contributed by atoms with Crippen LogP contribution in [0.5, 0.6) is 0 Å². The standard InChI is InChI=1S/C12H21NOS/c1-2-3-4-5-6-7-8-11-15-12(14)9-10-13/h2-9,11H2,1H3. The molecule has 0 aromatic carbocycles. The van der Waals surface area contributed by atoms with E-state index in [0.29, 0.717) is 0 Å². The zero-order chi connectivity index (χ0) is 11.4. The lowest BCUT2D eigenvalue weighted by atomic mass is 10.1. The van der Waals surface area contributed by atoms with Gasteiger partial charge in [0.05, 0.1) is 6.07 Å². The van der Waals surface area contributed by atoms with Gasteiger partial charge in [-0.25, -0.2) is 0 Å². The first-order valence-corrected chi connectivity index (χ1v) is 6.82. The van der Waals surface area contributed by atoms with Crippen molar-refractivity contribution < 1.29 is 4.79 Å². The van der Waals surface area contributed by atoms with Gasteiger partial charge in [-0.15, -0.1) is 0 Å². The van der Waals surface area contributed by atoms with Crippen LogP contribution in [-0.2, 0) is 4.79 Å². The molecule has 0 amide bonds. The molecule has 3 heteroatoms. The van der Waals surface area contributed by atoms with Crippen molar-refractivity contribution in [1.29, 1.82) is 5.26 Å². The van der Waals surface area contributed by atoms with Crippen LogP contribution >= 0.6 is 11.8 Å². The van der Waals surface area contributed by atoms with Crippen LogP contribution in [0.4, 0.5) is 0 Å². The molecule has 86 valence electrons. The van der Waals surface area contributed by atoms with E-state index < -0.39 is 0 Å². The van der Waals surface area contributed by atoms with Crippen molar-refractivity contribution in [3.8, 4) is 6.07 Å². The Morgan fingerprint density at radius 1 is 1.13 bits per heavy atom. The van der Waals surface area contributed by atoms with Crippen molar-refractivity contribution in [1.82, 2.24) is 0 Å². The van der Waals surface area contributed by atoms with E-state index in [4.69, 9.17) is 5.26 Å². The highest BCUT2D eigenvalue weighted by Gasteiger charge is 2.00. The monoisotopic (exact) mass is 227 g/mol. The molecule has 0 N–H and O–H groups in total. The normalized spacial score (nSPS) is 9.87. The second kappa shape index (κ2) is 11.6. The summed E-state index contributed by atoms with van der Waals surface area (Å²) in [5.74, 6) is 0.883. The highest BCUT2D eigenvalue weighted by atomic mass is 32.2. The number of hydrogen-bond donors (Lipinski definition) is 0. The Balaban J connectivity index is 3.05. The van der Waals surface area contributed by atoms with E-state index in [1.807, 2.05) is 6.07 Å². The maximum Gasteiger partial charge on any atom is 0.202 e. The van der Waals surface area contributed by atoms with E-state index >= 15 is 0 Å². The number of hydrogen-bond acceptors (Lipinski definition) is 3. The molecule has 0 bridgehead atoms. The molecule has 0 radical (unpaired) electrons. The summed E-state index contributed by atoms with van der Waals surface area (Å²) in [5.41, 5.74) is 0. The van der Waals surface area contributed by atoms with Crippen LogP contribution in [-0.4, -0.2) is 10.9 Å². The Kier molecular flexibility index (Phi) is 11.2. The van der Waals surface area contributed by atoms with Crippen LogP contribution in [0.15, 0.2) is 0 Å². The molecule has 0 rings (SSSR count). The summed E-state index contributed by atoms with van der Waals surface area (Å²) in [5, 5.41) is 8.29. The number of unbranched alkanes of at least 4 members (excludes halogenated alkanes) is 6. The minimum atomic E-state index is 0.0171. The van der Waals surface area contributed by atoms with Gasteiger partial charge in [0.2, 0.25) is 5.12 Å². The topological polar surface area (TPSA) is 40.9 Å². The molecule has 0 fully saturated rings. The molecule has 0 aromatic heterocycles. The van der Waals surface area contributed by atoms with Gasteiger partial charge in [0.15, 0.2) is 0 Å². The lowest BCUT2D eigenvalue weighted by molar-refractivity contribution is -0.110. The van der Waals surface area contributed by atoms with Crippen molar-refractivity contribution in [3.63, 3.8) is 0 Å². The molecular weight excluding hydrogens is 206 g/mol. The zero-order valence-electron chi connectivity index (χ0n) is 9.63. The summed E-state index contributed by atoms with van der Waals surface area (Å²) in [6.45, 7) is 2.22. The molecule has 0 heterocycles. The predicted octanol–water partition coefficient (Wildman–Crippen LogP) is 3.91. The summed E-state index contributed by atoms with van der Waals surface area (Å²) >= 11 is 1.31. The van der Waals surface area contributed by atoms with Crippen LogP contribution in [0.1, 0.15) is 58.3 Å². The Morgan fingerprint density at radius 3 is 2.33 bits per heavy atom. The molecule has 0 aromatic rings. The summed E-state index contributed by atoms with van der Waals surface area (Å²) in [6.07, 6.45) is 8.97.